The highest BCUT2D eigenvalue weighted by atomic mass is 32.2. The lowest BCUT2D eigenvalue weighted by molar-refractivity contribution is -0.143. The highest BCUT2D eigenvalue weighted by molar-refractivity contribution is 7.91. The number of amides is 2. The average molecular weight is 365 g/mol. The van der Waals surface area contributed by atoms with Gasteiger partial charge in [0.05, 0.1) is 11.5 Å². The summed E-state index contributed by atoms with van der Waals surface area (Å²) < 4.78 is 23.0. The van der Waals surface area contributed by atoms with Crippen molar-refractivity contribution in [3.63, 3.8) is 0 Å². The molecule has 1 atom stereocenters. The predicted octanol–water partition coefficient (Wildman–Crippen LogP) is 0.166. The first-order chi connectivity index (χ1) is 11.8. The van der Waals surface area contributed by atoms with Gasteiger partial charge in [-0.2, -0.15) is 0 Å². The molecule has 1 aromatic rings. The first-order valence-electron chi connectivity index (χ1n) is 8.48. The van der Waals surface area contributed by atoms with Crippen LogP contribution in [-0.4, -0.2) is 61.3 Å². The summed E-state index contributed by atoms with van der Waals surface area (Å²) in [6.07, 6.45) is 5.60. The summed E-state index contributed by atoms with van der Waals surface area (Å²) in [5.74, 6) is -0.429. The molecule has 25 heavy (non-hydrogen) atoms. The molecule has 1 saturated carbocycles. The molecule has 1 unspecified atom stereocenters. The molecule has 1 aliphatic carbocycles. The molecule has 0 bridgehead atoms. The highest BCUT2D eigenvalue weighted by Gasteiger charge is 2.58. The van der Waals surface area contributed by atoms with Crippen LogP contribution in [0, 0.1) is 5.41 Å². The van der Waals surface area contributed by atoms with Crippen LogP contribution in [0.15, 0.2) is 24.5 Å². The van der Waals surface area contributed by atoms with Gasteiger partial charge in [0.2, 0.25) is 11.8 Å². The number of nitrogens with zero attached hydrogens (tertiary/aromatic N) is 2. The second kappa shape index (κ2) is 6.74. The van der Waals surface area contributed by atoms with Gasteiger partial charge in [0.1, 0.15) is 5.41 Å². The van der Waals surface area contributed by atoms with Crippen LogP contribution in [0.1, 0.15) is 24.8 Å². The number of nitrogens with one attached hydrogen (secondary N) is 1. The molecule has 1 aromatic heterocycles. The van der Waals surface area contributed by atoms with Crippen molar-refractivity contribution in [3.8, 4) is 0 Å². The summed E-state index contributed by atoms with van der Waals surface area (Å²) in [7, 11) is -1.35. The number of carbonyl (C=O) groups excluding carboxylic acids is 2. The Bertz CT molecular complexity index is 759. The second-order valence-electron chi connectivity index (χ2n) is 6.99. The molecule has 1 aliphatic heterocycles. The maximum absolute atomic E-state index is 12.7. The third kappa shape index (κ3) is 4.00. The van der Waals surface area contributed by atoms with E-state index in [1.165, 1.54) is 0 Å². The summed E-state index contributed by atoms with van der Waals surface area (Å²) in [6, 6.07) is 3.43. The van der Waals surface area contributed by atoms with Crippen molar-refractivity contribution in [2.75, 3.05) is 25.1 Å². The van der Waals surface area contributed by atoms with E-state index >= 15 is 0 Å². The minimum absolute atomic E-state index is 0.0269. The molecule has 0 spiro atoms. The van der Waals surface area contributed by atoms with Gasteiger partial charge >= 0.3 is 0 Å². The Hall–Kier alpha value is -1.96. The molecular weight excluding hydrogens is 342 g/mol. The smallest absolute Gasteiger partial charge is 0.238 e. The number of carbonyl (C=O) groups is 2. The number of sulfone groups is 1. The molecule has 0 aromatic carbocycles. The fourth-order valence-corrected chi connectivity index (χ4v) is 4.88. The zero-order chi connectivity index (χ0) is 18.1. The SMILES string of the molecule is CN(CCc1ccncc1)C(=O)C1(C(=O)NC2CCS(=O)(=O)C2)CC1. The number of aromatic nitrogens is 1. The highest BCUT2D eigenvalue weighted by Crippen LogP contribution is 2.47. The molecule has 1 saturated heterocycles. The van der Waals surface area contributed by atoms with Crippen LogP contribution < -0.4 is 5.32 Å². The molecule has 2 heterocycles. The molecule has 7 nitrogen and oxygen atoms in total. The molecule has 1 N–H and O–H groups in total. The maximum Gasteiger partial charge on any atom is 0.238 e. The minimum atomic E-state index is -3.06. The predicted molar refractivity (Wildman–Crippen MR) is 92.4 cm³/mol. The molecule has 3 rings (SSSR count). The van der Waals surface area contributed by atoms with E-state index in [2.05, 4.69) is 10.3 Å². The van der Waals surface area contributed by atoms with E-state index in [4.69, 9.17) is 0 Å². The van der Waals surface area contributed by atoms with Gasteiger partial charge in [-0.3, -0.25) is 14.6 Å². The Morgan fingerprint density at radius 1 is 1.32 bits per heavy atom. The first-order valence-corrected chi connectivity index (χ1v) is 10.3. The lowest BCUT2D eigenvalue weighted by atomic mass is 10.0. The van der Waals surface area contributed by atoms with E-state index in [1.807, 2.05) is 12.1 Å². The number of rotatable bonds is 6. The quantitative estimate of drug-likeness (QED) is 0.725. The average Bonchev–Trinajstić information content (AvgIpc) is 3.33. The molecule has 8 heteroatoms. The van der Waals surface area contributed by atoms with E-state index in [0.717, 1.165) is 5.56 Å². The first kappa shape index (κ1) is 17.8. The number of likely N-dealkylation sites (N-methyl/N-ethyl adjacent to an activating group) is 1. The number of hydrogen-bond donors (Lipinski definition) is 1. The molecule has 2 fully saturated rings. The molecule has 0 radical (unpaired) electrons. The number of hydrogen-bond acceptors (Lipinski definition) is 5. The van der Waals surface area contributed by atoms with Crippen LogP contribution in [0.3, 0.4) is 0 Å². The fourth-order valence-electron chi connectivity index (χ4n) is 3.21. The standard InChI is InChI=1S/C17H23N3O4S/c1-20(10-4-13-2-8-18-9-3-13)16(22)17(6-7-17)15(21)19-14-5-11-25(23,24)12-14/h2-3,8-9,14H,4-7,10-12H2,1H3,(H,19,21). The van der Waals surface area contributed by atoms with E-state index < -0.39 is 15.3 Å². The summed E-state index contributed by atoms with van der Waals surface area (Å²) >= 11 is 0. The van der Waals surface area contributed by atoms with Crippen molar-refractivity contribution >= 4 is 21.7 Å². The Morgan fingerprint density at radius 2 is 2.00 bits per heavy atom. The van der Waals surface area contributed by atoms with Crippen molar-refractivity contribution in [3.05, 3.63) is 30.1 Å². The molecule has 2 aliphatic rings. The van der Waals surface area contributed by atoms with Gasteiger partial charge < -0.3 is 10.2 Å². The molecule has 136 valence electrons. The number of pyridine rings is 1. The van der Waals surface area contributed by atoms with Gasteiger partial charge in [-0.1, -0.05) is 0 Å². The van der Waals surface area contributed by atoms with Gasteiger partial charge in [0.25, 0.3) is 0 Å². The lowest BCUT2D eigenvalue weighted by Crippen LogP contribution is -2.47. The van der Waals surface area contributed by atoms with Gasteiger partial charge in [-0.25, -0.2) is 8.42 Å². The van der Waals surface area contributed by atoms with E-state index in [-0.39, 0.29) is 29.4 Å². The Morgan fingerprint density at radius 3 is 2.56 bits per heavy atom. The molecule has 2 amide bonds. The summed E-state index contributed by atoms with van der Waals surface area (Å²) in [6.45, 7) is 0.523. The second-order valence-corrected chi connectivity index (χ2v) is 9.22. The topological polar surface area (TPSA) is 96.4 Å². The van der Waals surface area contributed by atoms with Crippen LogP contribution >= 0.6 is 0 Å². The van der Waals surface area contributed by atoms with Crippen molar-refractivity contribution < 1.29 is 18.0 Å². The van der Waals surface area contributed by atoms with Crippen molar-refractivity contribution in [1.82, 2.24) is 15.2 Å². The normalized spacial score (nSPS) is 23.0. The van der Waals surface area contributed by atoms with Gasteiger partial charge in [-0.15, -0.1) is 0 Å². The summed E-state index contributed by atoms with van der Waals surface area (Å²) in [5, 5.41) is 2.77. The zero-order valence-corrected chi connectivity index (χ0v) is 15.1. The third-order valence-corrected chi connectivity index (χ3v) is 6.76. The van der Waals surface area contributed by atoms with Crippen LogP contribution in [-0.2, 0) is 25.8 Å². The lowest BCUT2D eigenvalue weighted by Gasteiger charge is -2.24. The summed E-state index contributed by atoms with van der Waals surface area (Å²) in [5.41, 5.74) is 0.0828. The van der Waals surface area contributed by atoms with Crippen LogP contribution in [0.5, 0.6) is 0 Å². The maximum atomic E-state index is 12.7. The Kier molecular flexibility index (Phi) is 4.81. The summed E-state index contributed by atoms with van der Waals surface area (Å²) in [4.78, 5) is 30.8. The zero-order valence-electron chi connectivity index (χ0n) is 14.3. The van der Waals surface area contributed by atoms with Crippen LogP contribution in [0.4, 0.5) is 0 Å². The van der Waals surface area contributed by atoms with E-state index in [1.54, 1.807) is 24.3 Å². The Balaban J connectivity index is 1.56. The van der Waals surface area contributed by atoms with Gasteiger partial charge in [0.15, 0.2) is 9.84 Å². The monoisotopic (exact) mass is 365 g/mol. The van der Waals surface area contributed by atoms with E-state index in [9.17, 15) is 18.0 Å². The van der Waals surface area contributed by atoms with Crippen molar-refractivity contribution in [2.45, 2.75) is 31.7 Å². The minimum Gasteiger partial charge on any atom is -0.351 e. The van der Waals surface area contributed by atoms with Gasteiger partial charge in [-0.05, 0) is 43.4 Å². The van der Waals surface area contributed by atoms with Gasteiger partial charge in [0, 0.05) is 32.0 Å². The van der Waals surface area contributed by atoms with Crippen molar-refractivity contribution in [2.24, 2.45) is 5.41 Å². The van der Waals surface area contributed by atoms with Crippen molar-refractivity contribution in [1.29, 1.82) is 0 Å². The fraction of sp³-hybridized carbons (Fsp3) is 0.588. The largest absolute Gasteiger partial charge is 0.351 e. The van der Waals surface area contributed by atoms with E-state index in [0.29, 0.717) is 32.2 Å². The van der Waals surface area contributed by atoms with Crippen LogP contribution in [0.2, 0.25) is 0 Å². The Labute approximate surface area is 147 Å². The molecular formula is C17H23N3O4S. The van der Waals surface area contributed by atoms with Crippen LogP contribution in [0.25, 0.3) is 0 Å². The third-order valence-electron chi connectivity index (χ3n) is 4.99.